The largest absolute Gasteiger partial charge is 0.362 e. The molecule has 0 spiro atoms. The maximum Gasteiger partial charge on any atom is 0.311 e. The molecule has 17 heavy (non-hydrogen) atoms. The van der Waals surface area contributed by atoms with Crippen molar-refractivity contribution in [3.63, 3.8) is 0 Å². The number of aromatic nitrogens is 1. The van der Waals surface area contributed by atoms with Gasteiger partial charge in [-0.05, 0) is 38.7 Å². The molecule has 0 radical (unpaired) electrons. The van der Waals surface area contributed by atoms with Gasteiger partial charge in [-0.1, -0.05) is 6.42 Å². The van der Waals surface area contributed by atoms with Crippen LogP contribution in [0.4, 0.5) is 11.5 Å². The maximum atomic E-state index is 10.9. The zero-order chi connectivity index (χ0) is 12.4. The molecule has 1 fully saturated rings. The van der Waals surface area contributed by atoms with Gasteiger partial charge in [0, 0.05) is 17.8 Å². The first-order chi connectivity index (χ1) is 8.08. The number of hydrogen-bond acceptors (Lipinski definition) is 4. The molecule has 1 atom stereocenters. The van der Waals surface area contributed by atoms with Crippen molar-refractivity contribution in [2.75, 3.05) is 5.32 Å². The molecular formula is C12H17N3O2. The van der Waals surface area contributed by atoms with Gasteiger partial charge in [0.2, 0.25) is 5.82 Å². The van der Waals surface area contributed by atoms with Crippen molar-refractivity contribution in [1.29, 1.82) is 0 Å². The molecule has 5 heteroatoms. The third-order valence-corrected chi connectivity index (χ3v) is 3.43. The minimum absolute atomic E-state index is 0.0572. The summed E-state index contributed by atoms with van der Waals surface area (Å²) in [5.74, 6) is 1.02. The fourth-order valence-corrected chi connectivity index (χ4v) is 2.08. The lowest BCUT2D eigenvalue weighted by molar-refractivity contribution is -0.384. The Balaban J connectivity index is 2.17. The first-order valence-corrected chi connectivity index (χ1v) is 5.96. The summed E-state index contributed by atoms with van der Waals surface area (Å²) in [4.78, 5) is 14.7. The van der Waals surface area contributed by atoms with Crippen LogP contribution in [-0.2, 0) is 0 Å². The number of nitro groups is 1. The van der Waals surface area contributed by atoms with Gasteiger partial charge in [0.1, 0.15) is 0 Å². The van der Waals surface area contributed by atoms with Gasteiger partial charge in [0.15, 0.2) is 0 Å². The first-order valence-electron chi connectivity index (χ1n) is 5.96. The number of hydrogen-bond donors (Lipinski definition) is 1. The molecule has 0 bridgehead atoms. The van der Waals surface area contributed by atoms with Gasteiger partial charge < -0.3 is 5.32 Å². The molecule has 1 aliphatic carbocycles. The Labute approximate surface area is 100 Å². The van der Waals surface area contributed by atoms with E-state index in [4.69, 9.17) is 0 Å². The van der Waals surface area contributed by atoms with E-state index in [0.717, 1.165) is 5.69 Å². The number of nitrogens with one attached hydrogen (secondary N) is 1. The van der Waals surface area contributed by atoms with E-state index in [1.54, 1.807) is 6.07 Å². The van der Waals surface area contributed by atoms with Crippen LogP contribution in [-0.4, -0.2) is 15.9 Å². The molecule has 1 saturated carbocycles. The molecule has 92 valence electrons. The van der Waals surface area contributed by atoms with Crippen LogP contribution >= 0.6 is 0 Å². The topological polar surface area (TPSA) is 68.1 Å². The summed E-state index contributed by atoms with van der Waals surface area (Å²) in [5.41, 5.74) is 0.848. The Morgan fingerprint density at radius 3 is 2.76 bits per heavy atom. The summed E-state index contributed by atoms with van der Waals surface area (Å²) in [6, 6.07) is 3.42. The van der Waals surface area contributed by atoms with Crippen molar-refractivity contribution in [1.82, 2.24) is 4.98 Å². The van der Waals surface area contributed by atoms with Gasteiger partial charge in [-0.15, -0.1) is 0 Å². The number of rotatable bonds is 4. The summed E-state index contributed by atoms with van der Waals surface area (Å²) < 4.78 is 0. The highest BCUT2D eigenvalue weighted by Gasteiger charge is 2.26. The van der Waals surface area contributed by atoms with E-state index in [2.05, 4.69) is 17.2 Å². The van der Waals surface area contributed by atoms with Gasteiger partial charge in [0.25, 0.3) is 0 Å². The van der Waals surface area contributed by atoms with E-state index in [1.165, 1.54) is 25.3 Å². The average molecular weight is 235 g/mol. The lowest BCUT2D eigenvalue weighted by Crippen LogP contribution is -2.31. The molecule has 1 aromatic rings. The third kappa shape index (κ3) is 2.54. The Morgan fingerprint density at radius 2 is 2.24 bits per heavy atom. The third-order valence-electron chi connectivity index (χ3n) is 3.43. The standard InChI is InChI=1S/C12H17N3O2/c1-8-6-7-11(15(16)17)12(13-8)14-9(2)10-4-3-5-10/h6-7,9-10H,3-5H2,1-2H3,(H,13,14). The van der Waals surface area contributed by atoms with Crippen LogP contribution in [0.5, 0.6) is 0 Å². The fourth-order valence-electron chi connectivity index (χ4n) is 2.08. The van der Waals surface area contributed by atoms with E-state index in [9.17, 15) is 10.1 Å². The highest BCUT2D eigenvalue weighted by atomic mass is 16.6. The van der Waals surface area contributed by atoms with Crippen LogP contribution in [0.2, 0.25) is 0 Å². The van der Waals surface area contributed by atoms with E-state index in [-0.39, 0.29) is 16.7 Å². The number of pyridine rings is 1. The summed E-state index contributed by atoms with van der Waals surface area (Å²) in [5, 5.41) is 14.1. The quantitative estimate of drug-likeness (QED) is 0.643. The van der Waals surface area contributed by atoms with Crippen molar-refractivity contribution in [2.24, 2.45) is 5.92 Å². The lowest BCUT2D eigenvalue weighted by atomic mass is 9.80. The van der Waals surface area contributed by atoms with Crippen molar-refractivity contribution in [3.8, 4) is 0 Å². The molecule has 1 aliphatic rings. The smallest absolute Gasteiger partial charge is 0.311 e. The molecular weight excluding hydrogens is 218 g/mol. The van der Waals surface area contributed by atoms with Gasteiger partial charge >= 0.3 is 5.69 Å². The average Bonchev–Trinajstić information content (AvgIpc) is 2.13. The van der Waals surface area contributed by atoms with Crippen LogP contribution in [0.3, 0.4) is 0 Å². The molecule has 1 N–H and O–H groups in total. The predicted molar refractivity (Wildman–Crippen MR) is 66.1 cm³/mol. The summed E-state index contributed by atoms with van der Waals surface area (Å²) in [6.07, 6.45) is 3.67. The molecule has 0 aromatic carbocycles. The minimum atomic E-state index is -0.387. The predicted octanol–water partition coefficient (Wildman–Crippen LogP) is 2.90. The SMILES string of the molecule is Cc1ccc([N+](=O)[O-])c(NC(C)C2CCC2)n1. The summed E-state index contributed by atoms with van der Waals surface area (Å²) in [7, 11) is 0. The van der Waals surface area contributed by atoms with Crippen molar-refractivity contribution >= 4 is 11.5 Å². The molecule has 1 aromatic heterocycles. The molecule has 2 rings (SSSR count). The van der Waals surface area contributed by atoms with Crippen molar-refractivity contribution < 1.29 is 4.92 Å². The van der Waals surface area contributed by atoms with Crippen LogP contribution in [0.25, 0.3) is 0 Å². The molecule has 0 saturated heterocycles. The number of aryl methyl sites for hydroxylation is 1. The van der Waals surface area contributed by atoms with E-state index in [1.807, 2.05) is 6.92 Å². The molecule has 0 amide bonds. The molecule has 1 heterocycles. The maximum absolute atomic E-state index is 10.9. The second-order valence-corrected chi connectivity index (χ2v) is 4.70. The Morgan fingerprint density at radius 1 is 1.53 bits per heavy atom. The van der Waals surface area contributed by atoms with Gasteiger partial charge in [-0.2, -0.15) is 0 Å². The molecule has 5 nitrogen and oxygen atoms in total. The monoisotopic (exact) mass is 235 g/mol. The number of anilines is 1. The van der Waals surface area contributed by atoms with Crippen LogP contribution < -0.4 is 5.32 Å². The summed E-state index contributed by atoms with van der Waals surface area (Å²) in [6.45, 7) is 3.90. The van der Waals surface area contributed by atoms with Crippen LogP contribution in [0.15, 0.2) is 12.1 Å². The first kappa shape index (κ1) is 11.8. The highest BCUT2D eigenvalue weighted by molar-refractivity contribution is 5.56. The zero-order valence-corrected chi connectivity index (χ0v) is 10.1. The van der Waals surface area contributed by atoms with Crippen LogP contribution in [0, 0.1) is 23.0 Å². The van der Waals surface area contributed by atoms with E-state index in [0.29, 0.717) is 11.7 Å². The highest BCUT2D eigenvalue weighted by Crippen LogP contribution is 2.32. The Hall–Kier alpha value is -1.65. The van der Waals surface area contributed by atoms with Gasteiger partial charge in [-0.25, -0.2) is 4.98 Å². The normalized spacial score (nSPS) is 17.3. The lowest BCUT2D eigenvalue weighted by Gasteiger charge is -2.32. The van der Waals surface area contributed by atoms with E-state index < -0.39 is 0 Å². The second-order valence-electron chi connectivity index (χ2n) is 4.70. The minimum Gasteiger partial charge on any atom is -0.362 e. The van der Waals surface area contributed by atoms with Gasteiger partial charge in [-0.3, -0.25) is 10.1 Å². The zero-order valence-electron chi connectivity index (χ0n) is 10.1. The van der Waals surface area contributed by atoms with Crippen molar-refractivity contribution in [2.45, 2.75) is 39.2 Å². The van der Waals surface area contributed by atoms with Crippen LogP contribution in [0.1, 0.15) is 31.9 Å². The van der Waals surface area contributed by atoms with Crippen molar-refractivity contribution in [3.05, 3.63) is 27.9 Å². The van der Waals surface area contributed by atoms with Gasteiger partial charge in [0.05, 0.1) is 4.92 Å². The molecule has 0 aliphatic heterocycles. The summed E-state index contributed by atoms with van der Waals surface area (Å²) >= 11 is 0. The molecule has 1 unspecified atom stereocenters. The second kappa shape index (κ2) is 4.69. The fraction of sp³-hybridized carbons (Fsp3) is 0.583. The Bertz CT molecular complexity index is 430. The Kier molecular flexibility index (Phi) is 3.26. The van der Waals surface area contributed by atoms with E-state index >= 15 is 0 Å². The number of nitrogens with zero attached hydrogens (tertiary/aromatic N) is 2.